The van der Waals surface area contributed by atoms with E-state index in [0.717, 1.165) is 53.0 Å². The summed E-state index contributed by atoms with van der Waals surface area (Å²) in [5, 5.41) is 7.89. The molecule has 2 aliphatic rings. The van der Waals surface area contributed by atoms with Crippen LogP contribution >= 0.6 is 0 Å². The summed E-state index contributed by atoms with van der Waals surface area (Å²) >= 11 is 0. The molecule has 1 amide bonds. The Bertz CT molecular complexity index is 1090. The first-order chi connectivity index (χ1) is 13.7. The number of carbonyl (C=O) groups excluding carboxylic acids is 1. The number of nitrogens with zero attached hydrogens (tertiary/aromatic N) is 2. The van der Waals surface area contributed by atoms with Gasteiger partial charge in [-0.05, 0) is 44.2 Å². The molecule has 1 unspecified atom stereocenters. The van der Waals surface area contributed by atoms with Crippen LogP contribution < -0.4 is 14.8 Å². The summed E-state index contributed by atoms with van der Waals surface area (Å²) < 4.78 is 16.6. The van der Waals surface area contributed by atoms with E-state index in [0.29, 0.717) is 30.0 Å². The minimum atomic E-state index is -0.118. The van der Waals surface area contributed by atoms with Crippen molar-refractivity contribution in [3.05, 3.63) is 46.3 Å². The third-order valence-electron chi connectivity index (χ3n) is 5.56. The van der Waals surface area contributed by atoms with Crippen molar-refractivity contribution in [2.75, 3.05) is 13.7 Å². The second kappa shape index (κ2) is 6.51. The average molecular weight is 379 g/mol. The van der Waals surface area contributed by atoms with Gasteiger partial charge in [0.05, 0.1) is 29.8 Å². The molecule has 3 heterocycles. The van der Waals surface area contributed by atoms with Gasteiger partial charge in [0.25, 0.3) is 11.6 Å². The molecule has 3 aromatic rings. The van der Waals surface area contributed by atoms with Gasteiger partial charge in [-0.15, -0.1) is 0 Å². The Labute approximate surface area is 162 Å². The molecule has 0 radical (unpaired) electrons. The molecule has 1 aromatic carbocycles. The molecule has 144 valence electrons. The maximum absolute atomic E-state index is 13.3. The highest BCUT2D eigenvalue weighted by Gasteiger charge is 2.30. The Morgan fingerprint density at radius 3 is 3.07 bits per heavy atom. The lowest BCUT2D eigenvalue weighted by molar-refractivity contribution is 0.0915. The number of carbonyl (C=O) groups is 1. The summed E-state index contributed by atoms with van der Waals surface area (Å²) in [4.78, 5) is 17.9. The number of fused-ring (bicyclic) bond motifs is 3. The third-order valence-corrected chi connectivity index (χ3v) is 5.56. The fraction of sp³-hybridized carbons (Fsp3) is 0.381. The molecule has 1 aliphatic heterocycles. The Hall–Kier alpha value is -3.09. The molecular weight excluding hydrogens is 358 g/mol. The molecule has 0 saturated heterocycles. The minimum Gasteiger partial charge on any atom is -0.493 e. The number of rotatable bonds is 3. The molecule has 1 atom stereocenters. The Morgan fingerprint density at radius 2 is 2.21 bits per heavy atom. The zero-order chi connectivity index (χ0) is 19.3. The van der Waals surface area contributed by atoms with Crippen LogP contribution in [-0.4, -0.2) is 35.8 Å². The summed E-state index contributed by atoms with van der Waals surface area (Å²) in [5.41, 5.74) is 4.80. The first-order valence-electron chi connectivity index (χ1n) is 9.53. The Kier molecular flexibility index (Phi) is 3.96. The number of aryl methyl sites for hydroxylation is 2. The molecule has 0 fully saturated rings. The lowest BCUT2D eigenvalue weighted by atomic mass is 9.99. The average Bonchev–Trinajstić information content (AvgIpc) is 3.32. The SMILES string of the molecule is COc1cccc2c1OCC(NC(=O)c1c3c(nc4onc(C)c14)CCC3)C2. The van der Waals surface area contributed by atoms with Crippen molar-refractivity contribution in [1.82, 2.24) is 15.5 Å². The fourth-order valence-corrected chi connectivity index (χ4v) is 4.27. The van der Waals surface area contributed by atoms with Gasteiger partial charge in [0.15, 0.2) is 11.5 Å². The van der Waals surface area contributed by atoms with Crippen molar-refractivity contribution in [2.24, 2.45) is 0 Å². The van der Waals surface area contributed by atoms with E-state index in [1.165, 1.54) is 0 Å². The molecule has 7 nitrogen and oxygen atoms in total. The maximum atomic E-state index is 13.3. The predicted octanol–water partition coefficient (Wildman–Crippen LogP) is 2.76. The van der Waals surface area contributed by atoms with Crippen LogP contribution in [0.4, 0.5) is 0 Å². The van der Waals surface area contributed by atoms with Gasteiger partial charge in [0, 0.05) is 11.3 Å². The molecule has 7 heteroatoms. The molecule has 0 bridgehead atoms. The monoisotopic (exact) mass is 379 g/mol. The van der Waals surface area contributed by atoms with Crippen LogP contribution in [0.3, 0.4) is 0 Å². The largest absolute Gasteiger partial charge is 0.493 e. The molecule has 0 saturated carbocycles. The quantitative estimate of drug-likeness (QED) is 0.753. The molecule has 1 N–H and O–H groups in total. The molecule has 1 aliphatic carbocycles. The summed E-state index contributed by atoms with van der Waals surface area (Å²) in [6.45, 7) is 2.25. The highest BCUT2D eigenvalue weighted by atomic mass is 16.5. The Balaban J connectivity index is 1.46. The van der Waals surface area contributed by atoms with Crippen LogP contribution in [0.5, 0.6) is 11.5 Å². The van der Waals surface area contributed by atoms with Crippen LogP contribution in [0.1, 0.15) is 39.3 Å². The van der Waals surface area contributed by atoms with E-state index < -0.39 is 0 Å². The van der Waals surface area contributed by atoms with Crippen molar-refractivity contribution in [3.63, 3.8) is 0 Å². The van der Waals surface area contributed by atoms with Gasteiger partial charge < -0.3 is 19.3 Å². The number of benzene rings is 1. The van der Waals surface area contributed by atoms with E-state index in [1.54, 1.807) is 7.11 Å². The smallest absolute Gasteiger partial charge is 0.259 e. The van der Waals surface area contributed by atoms with Gasteiger partial charge >= 0.3 is 0 Å². The summed E-state index contributed by atoms with van der Waals surface area (Å²) in [6.07, 6.45) is 3.41. The number of hydrogen-bond donors (Lipinski definition) is 1. The zero-order valence-electron chi connectivity index (χ0n) is 15.9. The van der Waals surface area contributed by atoms with E-state index in [-0.39, 0.29) is 11.9 Å². The number of amides is 1. The lowest BCUT2D eigenvalue weighted by Gasteiger charge is -2.27. The molecule has 28 heavy (non-hydrogen) atoms. The number of ether oxygens (including phenoxy) is 2. The van der Waals surface area contributed by atoms with Crippen LogP contribution in [0.15, 0.2) is 22.7 Å². The fourth-order valence-electron chi connectivity index (χ4n) is 4.27. The summed E-state index contributed by atoms with van der Waals surface area (Å²) in [7, 11) is 1.63. The van der Waals surface area contributed by atoms with Crippen LogP contribution in [0.2, 0.25) is 0 Å². The number of methoxy groups -OCH3 is 1. The summed E-state index contributed by atoms with van der Waals surface area (Å²) in [6, 6.07) is 5.70. The van der Waals surface area contributed by atoms with Crippen molar-refractivity contribution >= 4 is 17.0 Å². The number of aromatic nitrogens is 2. The number of para-hydroxylation sites is 1. The predicted molar refractivity (Wildman–Crippen MR) is 102 cm³/mol. The van der Waals surface area contributed by atoms with Crippen molar-refractivity contribution in [3.8, 4) is 11.5 Å². The first kappa shape index (κ1) is 17.0. The van der Waals surface area contributed by atoms with Gasteiger partial charge in [0.2, 0.25) is 0 Å². The third kappa shape index (κ3) is 2.61. The topological polar surface area (TPSA) is 86.5 Å². The van der Waals surface area contributed by atoms with Gasteiger partial charge in [-0.3, -0.25) is 4.79 Å². The van der Waals surface area contributed by atoms with E-state index >= 15 is 0 Å². The van der Waals surface area contributed by atoms with E-state index in [1.807, 2.05) is 25.1 Å². The van der Waals surface area contributed by atoms with Crippen molar-refractivity contribution in [2.45, 2.75) is 38.6 Å². The van der Waals surface area contributed by atoms with Crippen LogP contribution in [-0.2, 0) is 19.3 Å². The normalized spacial score (nSPS) is 17.7. The lowest BCUT2D eigenvalue weighted by Crippen LogP contribution is -2.43. The van der Waals surface area contributed by atoms with E-state index in [2.05, 4.69) is 15.5 Å². The highest BCUT2D eigenvalue weighted by Crippen LogP contribution is 2.35. The van der Waals surface area contributed by atoms with Crippen LogP contribution in [0.25, 0.3) is 11.1 Å². The Morgan fingerprint density at radius 1 is 1.32 bits per heavy atom. The molecule has 0 spiro atoms. The van der Waals surface area contributed by atoms with Gasteiger partial charge in [-0.25, -0.2) is 4.98 Å². The summed E-state index contributed by atoms with van der Waals surface area (Å²) in [5.74, 6) is 1.37. The first-order valence-corrected chi connectivity index (χ1v) is 9.53. The second-order valence-corrected chi connectivity index (χ2v) is 7.35. The molecule has 2 aromatic heterocycles. The van der Waals surface area contributed by atoms with Crippen LogP contribution in [0, 0.1) is 6.92 Å². The highest BCUT2D eigenvalue weighted by molar-refractivity contribution is 6.07. The second-order valence-electron chi connectivity index (χ2n) is 7.35. The van der Waals surface area contributed by atoms with Gasteiger partial charge in [-0.2, -0.15) is 0 Å². The number of hydrogen-bond acceptors (Lipinski definition) is 6. The van der Waals surface area contributed by atoms with E-state index in [4.69, 9.17) is 14.0 Å². The molecule has 5 rings (SSSR count). The standard InChI is InChI=1S/C21H21N3O4/c1-11-17-18(14-6-4-7-15(14)23-21(17)28-24-11)20(25)22-13-9-12-5-3-8-16(26-2)19(12)27-10-13/h3,5,8,13H,4,6-7,9-10H2,1-2H3,(H,22,25). The van der Waals surface area contributed by atoms with Crippen molar-refractivity contribution in [1.29, 1.82) is 0 Å². The van der Waals surface area contributed by atoms with Crippen molar-refractivity contribution < 1.29 is 18.8 Å². The zero-order valence-corrected chi connectivity index (χ0v) is 15.9. The van der Waals surface area contributed by atoms with Gasteiger partial charge in [0.1, 0.15) is 6.61 Å². The number of nitrogens with one attached hydrogen (secondary N) is 1. The minimum absolute atomic E-state index is 0.114. The molecular formula is C21H21N3O4. The number of pyridine rings is 1. The van der Waals surface area contributed by atoms with Gasteiger partial charge in [-0.1, -0.05) is 17.3 Å². The van der Waals surface area contributed by atoms with E-state index in [9.17, 15) is 4.79 Å². The maximum Gasteiger partial charge on any atom is 0.259 e.